The van der Waals surface area contributed by atoms with Crippen LogP contribution in [0.15, 0.2) is 54.6 Å². The van der Waals surface area contributed by atoms with E-state index in [1.807, 2.05) is 29.2 Å². The van der Waals surface area contributed by atoms with Crippen LogP contribution >= 0.6 is 0 Å². The number of hydrogen-bond acceptors (Lipinski definition) is 4. The number of ether oxygens (including phenoxy) is 2. The summed E-state index contributed by atoms with van der Waals surface area (Å²) < 4.78 is 11.1. The third-order valence-electron chi connectivity index (χ3n) is 5.83. The van der Waals surface area contributed by atoms with Crippen molar-refractivity contribution in [2.75, 3.05) is 33.4 Å². The molecular weight excluding hydrogens is 352 g/mol. The molecule has 5 rings (SSSR count). The first-order chi connectivity index (χ1) is 13.7. The second-order valence-corrected chi connectivity index (χ2v) is 7.75. The molecule has 2 aromatic carbocycles. The SMILES string of the molecule is COc1ccccc1OCC(=O)N1C[C@H]2CC[C@@H](C1)N(Cc1ccccc1)C2. The Balaban J connectivity index is 1.37. The highest BCUT2D eigenvalue weighted by Crippen LogP contribution is 2.30. The highest BCUT2D eigenvalue weighted by Gasteiger charge is 2.36. The molecule has 1 amide bonds. The lowest BCUT2D eigenvalue weighted by molar-refractivity contribution is -0.133. The van der Waals surface area contributed by atoms with E-state index >= 15 is 0 Å². The van der Waals surface area contributed by atoms with Crippen molar-refractivity contribution in [1.29, 1.82) is 0 Å². The minimum absolute atomic E-state index is 0.0541. The van der Waals surface area contributed by atoms with E-state index in [1.165, 1.54) is 12.0 Å². The van der Waals surface area contributed by atoms with Crippen molar-refractivity contribution in [3.63, 3.8) is 0 Å². The van der Waals surface area contributed by atoms with Gasteiger partial charge in [-0.3, -0.25) is 9.69 Å². The van der Waals surface area contributed by atoms with Gasteiger partial charge < -0.3 is 14.4 Å². The van der Waals surface area contributed by atoms with Crippen LogP contribution in [0.2, 0.25) is 0 Å². The number of amides is 1. The Labute approximate surface area is 166 Å². The van der Waals surface area contributed by atoms with Crippen molar-refractivity contribution in [2.45, 2.75) is 25.4 Å². The topological polar surface area (TPSA) is 42.0 Å². The molecule has 3 saturated heterocycles. The maximum absolute atomic E-state index is 12.8. The molecule has 0 aromatic heterocycles. The van der Waals surface area contributed by atoms with Crippen molar-refractivity contribution < 1.29 is 14.3 Å². The molecule has 3 aliphatic rings. The van der Waals surface area contributed by atoms with Crippen molar-refractivity contribution in [1.82, 2.24) is 9.80 Å². The van der Waals surface area contributed by atoms with Crippen LogP contribution in [0.1, 0.15) is 18.4 Å². The maximum Gasteiger partial charge on any atom is 0.260 e. The number of methoxy groups -OCH3 is 1. The van der Waals surface area contributed by atoms with Crippen molar-refractivity contribution in [3.8, 4) is 11.5 Å². The molecule has 3 aliphatic heterocycles. The van der Waals surface area contributed by atoms with Gasteiger partial charge in [-0.1, -0.05) is 42.5 Å². The van der Waals surface area contributed by atoms with Crippen molar-refractivity contribution >= 4 is 5.91 Å². The summed E-state index contributed by atoms with van der Waals surface area (Å²) >= 11 is 0. The standard InChI is InChI=1S/C23H28N2O3/c1-27-21-9-5-6-10-22(21)28-17-23(26)25-15-19-11-12-20(16-25)24(14-19)13-18-7-3-2-4-8-18/h2-10,19-20H,11-17H2,1H3/t19-,20-/m0/s1. The van der Waals surface area contributed by atoms with Gasteiger partial charge in [-0.15, -0.1) is 0 Å². The van der Waals surface area contributed by atoms with Crippen LogP contribution in [0.3, 0.4) is 0 Å². The van der Waals surface area contributed by atoms with Crippen molar-refractivity contribution in [3.05, 3.63) is 60.2 Å². The lowest BCUT2D eigenvalue weighted by atomic mass is 9.94. The van der Waals surface area contributed by atoms with Crippen LogP contribution in [0.4, 0.5) is 0 Å². The molecule has 0 spiro atoms. The van der Waals surface area contributed by atoms with E-state index in [4.69, 9.17) is 9.47 Å². The molecule has 2 bridgehead atoms. The van der Waals surface area contributed by atoms with Gasteiger partial charge in [-0.05, 0) is 36.5 Å². The number of carbonyl (C=O) groups is 1. The van der Waals surface area contributed by atoms with Crippen molar-refractivity contribution in [2.24, 2.45) is 5.92 Å². The molecule has 5 heteroatoms. The predicted octanol–water partition coefficient (Wildman–Crippen LogP) is 3.20. The highest BCUT2D eigenvalue weighted by molar-refractivity contribution is 5.78. The Morgan fingerprint density at radius 1 is 0.964 bits per heavy atom. The lowest BCUT2D eigenvalue weighted by Gasteiger charge is -2.36. The molecule has 2 atom stereocenters. The summed E-state index contributed by atoms with van der Waals surface area (Å²) in [5.41, 5.74) is 1.34. The van der Waals surface area contributed by atoms with Gasteiger partial charge in [0.2, 0.25) is 0 Å². The second kappa shape index (κ2) is 8.65. The number of para-hydroxylation sites is 2. The number of fused-ring (bicyclic) bond motifs is 4. The Hall–Kier alpha value is -2.53. The number of hydrogen-bond donors (Lipinski definition) is 0. The third-order valence-corrected chi connectivity index (χ3v) is 5.83. The largest absolute Gasteiger partial charge is 0.493 e. The fraction of sp³-hybridized carbons (Fsp3) is 0.435. The predicted molar refractivity (Wildman–Crippen MR) is 108 cm³/mol. The molecule has 0 saturated carbocycles. The van der Waals surface area contributed by atoms with E-state index < -0.39 is 0 Å². The first kappa shape index (κ1) is 18.8. The van der Waals surface area contributed by atoms with Gasteiger partial charge in [0.1, 0.15) is 0 Å². The second-order valence-electron chi connectivity index (χ2n) is 7.75. The summed E-state index contributed by atoms with van der Waals surface area (Å²) in [5, 5.41) is 0. The molecule has 0 radical (unpaired) electrons. The van der Waals surface area contributed by atoms with Gasteiger partial charge in [-0.2, -0.15) is 0 Å². The van der Waals surface area contributed by atoms with E-state index in [2.05, 4.69) is 35.2 Å². The van der Waals surface area contributed by atoms with E-state index in [1.54, 1.807) is 7.11 Å². The third kappa shape index (κ3) is 4.30. The molecule has 0 aliphatic carbocycles. The number of nitrogens with zero attached hydrogens (tertiary/aromatic N) is 2. The number of rotatable bonds is 6. The van der Waals surface area contributed by atoms with Gasteiger partial charge in [0, 0.05) is 32.2 Å². The molecule has 148 valence electrons. The summed E-state index contributed by atoms with van der Waals surface area (Å²) in [6.45, 7) is 3.70. The zero-order chi connectivity index (χ0) is 19.3. The zero-order valence-corrected chi connectivity index (χ0v) is 16.4. The summed E-state index contributed by atoms with van der Waals surface area (Å²) in [5.74, 6) is 1.86. The molecule has 3 heterocycles. The van der Waals surface area contributed by atoms with Gasteiger partial charge in [-0.25, -0.2) is 0 Å². The van der Waals surface area contributed by atoms with Crippen LogP contribution in [-0.2, 0) is 11.3 Å². The van der Waals surface area contributed by atoms with Gasteiger partial charge >= 0.3 is 0 Å². The van der Waals surface area contributed by atoms with Gasteiger partial charge in [0.25, 0.3) is 5.91 Å². The lowest BCUT2D eigenvalue weighted by Crippen LogP contribution is -2.44. The Morgan fingerprint density at radius 2 is 1.71 bits per heavy atom. The summed E-state index contributed by atoms with van der Waals surface area (Å²) in [6, 6.07) is 18.5. The Bertz CT molecular complexity index is 795. The van der Waals surface area contributed by atoms with E-state index in [0.717, 1.165) is 32.6 Å². The normalized spacial score (nSPS) is 22.0. The van der Waals surface area contributed by atoms with Crippen LogP contribution < -0.4 is 9.47 Å². The average Bonchev–Trinajstić information content (AvgIpc) is 3.05. The minimum atomic E-state index is 0.0541. The number of carbonyl (C=O) groups excluding carboxylic acids is 1. The summed E-state index contributed by atoms with van der Waals surface area (Å²) in [4.78, 5) is 17.4. The fourth-order valence-electron chi connectivity index (χ4n) is 4.36. The van der Waals surface area contributed by atoms with Crippen LogP contribution in [-0.4, -0.2) is 55.1 Å². The number of benzene rings is 2. The molecule has 3 fully saturated rings. The molecule has 2 aromatic rings. The fourth-order valence-corrected chi connectivity index (χ4v) is 4.36. The molecule has 0 N–H and O–H groups in total. The number of piperidine rings is 1. The highest BCUT2D eigenvalue weighted by atomic mass is 16.5. The maximum atomic E-state index is 12.8. The summed E-state index contributed by atoms with van der Waals surface area (Å²) in [7, 11) is 1.61. The van der Waals surface area contributed by atoms with Crippen LogP contribution in [0, 0.1) is 5.92 Å². The van der Waals surface area contributed by atoms with Gasteiger partial charge in [0.15, 0.2) is 18.1 Å². The van der Waals surface area contributed by atoms with Crippen LogP contribution in [0.5, 0.6) is 11.5 Å². The van der Waals surface area contributed by atoms with E-state index in [0.29, 0.717) is 23.5 Å². The Kier molecular flexibility index (Phi) is 5.81. The smallest absolute Gasteiger partial charge is 0.260 e. The minimum Gasteiger partial charge on any atom is -0.493 e. The average molecular weight is 380 g/mol. The zero-order valence-electron chi connectivity index (χ0n) is 16.4. The van der Waals surface area contributed by atoms with Gasteiger partial charge in [0.05, 0.1) is 7.11 Å². The first-order valence-corrected chi connectivity index (χ1v) is 10.0. The van der Waals surface area contributed by atoms with E-state index in [-0.39, 0.29) is 12.5 Å². The molecule has 0 unspecified atom stereocenters. The monoisotopic (exact) mass is 380 g/mol. The van der Waals surface area contributed by atoms with E-state index in [9.17, 15) is 4.79 Å². The molecule has 28 heavy (non-hydrogen) atoms. The summed E-state index contributed by atoms with van der Waals surface area (Å²) in [6.07, 6.45) is 2.36. The Morgan fingerprint density at radius 3 is 2.50 bits per heavy atom. The van der Waals surface area contributed by atoms with Crippen LogP contribution in [0.25, 0.3) is 0 Å². The molecular formula is C23H28N2O3. The quantitative estimate of drug-likeness (QED) is 0.772. The molecule has 5 nitrogen and oxygen atoms in total. The first-order valence-electron chi connectivity index (χ1n) is 10.0.